The first-order valence-electron chi connectivity index (χ1n) is 45.9. The number of ketones is 1. The highest BCUT2D eigenvalue weighted by Crippen LogP contribution is 2.50. The summed E-state index contributed by atoms with van der Waals surface area (Å²) in [6.07, 6.45) is -20.4. The minimum atomic E-state index is -2.26. The molecule has 0 spiro atoms. The van der Waals surface area contributed by atoms with Crippen molar-refractivity contribution < 1.29 is 170 Å². The lowest BCUT2D eigenvalue weighted by molar-refractivity contribution is -0.340. The van der Waals surface area contributed by atoms with E-state index >= 15 is 0 Å². The third-order valence-corrected chi connectivity index (χ3v) is 30.4. The number of alkyl carbamates (subject to hydrolysis) is 2. The van der Waals surface area contributed by atoms with E-state index in [2.05, 4.69) is 66.4 Å². The number of aliphatic carboxylic acids is 1. The number of nitrogens with two attached hydrogens (primary N) is 1. The van der Waals surface area contributed by atoms with E-state index in [-0.39, 0.29) is 130 Å². The molecule has 46 nitrogen and oxygen atoms in total. The lowest BCUT2D eigenvalue weighted by atomic mass is 9.68. The second kappa shape index (κ2) is 54.2. The first-order valence-corrected chi connectivity index (χ1v) is 50.1. The number of Topliss-reactive ketones (excluding diaryl/α,β-unsaturated/α-hetero) is 1. The SMILES string of the molecule is CCN(C(=O)CNC(=O)OCc1ccc(NC(=O)[C@H](CC(N)=O)NC(=O)[C@H](C)NC(=O)[C@H](C)NC(=O)CCC(=O)N2CCC(C(=O)O)CC2)cc1)C1COC(OC2C(O[C@H]3C#C/C=C\C#C[C@]4(O)CC(=O)C(NC(=O)OC)C3/C4=C\CSSC(C)(C)CC(=O)NCC(O)CO)OC(C)C(NOC3CC(O)C(SC(=O)c4c(C)c(I)c(OC5OC(C)C(O)C(OC)C5O)c(OC)c4OC)C(C)O3)C2O)CC1OC. The number of fused-ring (bicyclic) bond motifs is 2. The number of benzene rings is 2. The van der Waals surface area contributed by atoms with Crippen LogP contribution in [0.1, 0.15) is 135 Å². The van der Waals surface area contributed by atoms with Crippen molar-refractivity contribution in [2.45, 2.75) is 277 Å². The number of nitrogens with zero attached hydrogens (tertiary/aromatic N) is 2. The predicted octanol–water partition coefficient (Wildman–Crippen LogP) is -0.135. The van der Waals surface area contributed by atoms with Crippen molar-refractivity contribution in [2.75, 3.05) is 92.6 Å². The average Bonchev–Trinajstić information content (AvgIpc) is 0.744. The number of ether oxygens (including phenoxy) is 13. The van der Waals surface area contributed by atoms with Crippen molar-refractivity contribution in [3.05, 3.63) is 68.3 Å². The van der Waals surface area contributed by atoms with Gasteiger partial charge in [-0.25, -0.2) is 9.59 Å². The summed E-state index contributed by atoms with van der Waals surface area (Å²) in [6.45, 7) is 12.8. The molecular formula is C92H128IN11O35S3. The molecule has 0 aromatic heterocycles. The van der Waals surface area contributed by atoms with Gasteiger partial charge in [0.05, 0.1) is 116 Å². The summed E-state index contributed by atoms with van der Waals surface area (Å²) < 4.78 is 78.4. The fourth-order valence-electron chi connectivity index (χ4n) is 16.8. The van der Waals surface area contributed by atoms with E-state index in [0.717, 1.165) is 18.9 Å². The summed E-state index contributed by atoms with van der Waals surface area (Å²) in [6, 6.07) is -1.98. The summed E-state index contributed by atoms with van der Waals surface area (Å²) in [5, 5.41) is 104. The Morgan fingerprint density at radius 1 is 0.782 bits per heavy atom. The molecule has 5 heterocycles. The normalized spacial score (nSPS) is 28.5. The average molecular weight is 2170 g/mol. The Morgan fingerprint density at radius 2 is 1.46 bits per heavy atom. The minimum absolute atomic E-state index is 0.0282. The van der Waals surface area contributed by atoms with Gasteiger partial charge in [0.1, 0.15) is 73.9 Å². The van der Waals surface area contributed by atoms with E-state index < -0.39 is 258 Å². The van der Waals surface area contributed by atoms with Crippen LogP contribution in [0, 0.1) is 46.0 Å². The van der Waals surface area contributed by atoms with E-state index in [4.69, 9.17) is 72.2 Å². The van der Waals surface area contributed by atoms with E-state index in [9.17, 15) is 103 Å². The highest BCUT2D eigenvalue weighted by Gasteiger charge is 2.56. The molecule has 25 atom stereocenters. The van der Waals surface area contributed by atoms with Crippen LogP contribution in [0.15, 0.2) is 48.1 Å². The number of amides is 10. The van der Waals surface area contributed by atoms with Crippen LogP contribution in [0.2, 0.25) is 0 Å². The number of carboxylic acid groups (broad SMARTS) is 1. The zero-order valence-electron chi connectivity index (χ0n) is 80.9. The van der Waals surface area contributed by atoms with Gasteiger partial charge in [0, 0.05) is 94.6 Å². The number of allylic oxidation sites excluding steroid dienone is 2. The molecule has 20 unspecified atom stereocenters. The molecule has 1 saturated carbocycles. The molecule has 5 saturated heterocycles. The number of aliphatic hydroxyl groups excluding tert-OH is 6. The van der Waals surface area contributed by atoms with Crippen LogP contribution in [-0.4, -0.2) is 364 Å². The molecule has 18 N–H and O–H groups in total. The van der Waals surface area contributed by atoms with Crippen molar-refractivity contribution in [1.29, 1.82) is 0 Å². The van der Waals surface area contributed by atoms with Gasteiger partial charge in [-0.05, 0) is 139 Å². The summed E-state index contributed by atoms with van der Waals surface area (Å²) in [5.41, 5.74) is 7.09. The molecule has 2 bridgehead atoms. The quantitative estimate of drug-likeness (QED) is 0.0103. The Bertz CT molecular complexity index is 4970. The van der Waals surface area contributed by atoms with Crippen LogP contribution < -0.4 is 62.6 Å². The number of carbonyl (C=O) groups excluding carboxylic acids is 12. The van der Waals surface area contributed by atoms with E-state index in [1.807, 2.05) is 22.6 Å². The van der Waals surface area contributed by atoms with Gasteiger partial charge in [-0.3, -0.25) is 57.6 Å². The maximum absolute atomic E-state index is 14.7. The van der Waals surface area contributed by atoms with Crippen molar-refractivity contribution in [3.8, 4) is 40.9 Å². The van der Waals surface area contributed by atoms with Crippen molar-refractivity contribution >= 4 is 138 Å². The molecule has 9 rings (SSSR count). The Morgan fingerprint density at radius 3 is 2.10 bits per heavy atom. The Labute approximate surface area is 846 Å². The maximum atomic E-state index is 14.7. The zero-order valence-corrected chi connectivity index (χ0v) is 85.5. The molecule has 5 aliphatic heterocycles. The van der Waals surface area contributed by atoms with E-state index in [0.29, 0.717) is 14.7 Å². The molecule has 2 aromatic carbocycles. The molecular weight excluding hydrogens is 2040 g/mol. The Kier molecular flexibility index (Phi) is 44.3. The van der Waals surface area contributed by atoms with Crippen LogP contribution in [0.3, 0.4) is 0 Å². The fourth-order valence-corrected chi connectivity index (χ4v) is 21.0. The number of piperidine rings is 1. The first-order chi connectivity index (χ1) is 67.3. The van der Waals surface area contributed by atoms with Gasteiger partial charge < -0.3 is 155 Å². The predicted molar refractivity (Wildman–Crippen MR) is 515 cm³/mol. The van der Waals surface area contributed by atoms with Crippen LogP contribution in [0.25, 0.3) is 0 Å². The minimum Gasteiger partial charge on any atom is -0.492 e. The second-order valence-electron chi connectivity index (χ2n) is 35.3. The summed E-state index contributed by atoms with van der Waals surface area (Å²) in [4.78, 5) is 181. The lowest BCUT2D eigenvalue weighted by Gasteiger charge is -2.48. The number of hydrogen-bond acceptors (Lipinski definition) is 38. The number of anilines is 1. The summed E-state index contributed by atoms with van der Waals surface area (Å²) >= 11 is 2.71. The lowest BCUT2D eigenvalue weighted by Crippen LogP contribution is -2.66. The number of hydrogen-bond donors (Lipinski definition) is 17. The fraction of sp³-hybridized carbons (Fsp3) is 0.641. The topological polar surface area (TPSA) is 642 Å². The van der Waals surface area contributed by atoms with Gasteiger partial charge in [-0.15, -0.1) is 0 Å². The number of thioether (sulfide) groups is 1. The smallest absolute Gasteiger partial charge is 0.407 e. The zero-order chi connectivity index (χ0) is 104. The third kappa shape index (κ3) is 31.4. The van der Waals surface area contributed by atoms with Gasteiger partial charge in [-0.1, -0.05) is 75.2 Å². The molecule has 2 aromatic rings. The number of carboxylic acids is 1. The monoisotopic (exact) mass is 2170 g/mol. The molecule has 0 radical (unpaired) electrons. The number of methoxy groups -OCH3 is 5. The number of aliphatic hydroxyl groups is 7. The van der Waals surface area contributed by atoms with Gasteiger partial charge in [0.15, 0.2) is 41.8 Å². The molecule has 6 fully saturated rings. The maximum Gasteiger partial charge on any atom is 0.407 e. The largest absolute Gasteiger partial charge is 0.492 e. The molecule has 7 aliphatic rings. The van der Waals surface area contributed by atoms with E-state index in [1.54, 1.807) is 54.5 Å². The Balaban J connectivity index is 0.869. The number of primary amides is 1. The first kappa shape index (κ1) is 116. The third-order valence-electron chi connectivity index (χ3n) is 24.6. The standard InChI is InChI=1S/C92H128IN11O35S3/c1-15-104(65(113)40-96-89(123)132-42-50-21-23-52(24-22-50)99-84(119)55(34-61(94)109)100-83(118)46(4)98-82(117)45(3)97-62(110)25-26-64(112)103-31-27-51(28-32-103)85(120)121)56-43-131-66(36-60(56)126-10)137-79-74(115)71(102-139-67-35-57(107)81(49(7)133-67)141-86(122)68-44(2)70(93)77(80(129-13)76(68)127-11)138-87-75(116)78(128-12)73(114)48(6)135-87)47(5)134-88(79)136-59-20-18-16-17-19-30-92(125)37-58(108)72(101-90(124)130-14)69(59)54(92)29-33-140-142-91(8,9)38-63(111)95-39-53(106)41-105/h16-17,21-24,29,45-49,51,53,55-57,59-60,66-67,69,71-75,78-79,81,87-88,102,105-107,114-116,125H,15,25-28,31-43H2,1-14H3,(H2,94,109)(H,95,111)(H,96,123)(H,97,110)(H,98,117)(H,99,119)(H,100,118)(H,101,124)(H,120,121)/b17-16-,54-29+/t45-,46-,47?,48?,49?,53?,55-,56?,57?,59-,60?,66?,67?,69?,71?,72?,73?,74?,75?,78?,79?,81?,87?,88?,92-/m0/s1. The number of nitrogens with one attached hydrogen (secondary N) is 8. The van der Waals surface area contributed by atoms with Gasteiger partial charge >= 0.3 is 18.2 Å². The Hall–Kier alpha value is -9.35. The summed E-state index contributed by atoms with van der Waals surface area (Å²) in [7, 11) is 8.96. The number of hydroxylamine groups is 1. The molecule has 10 amide bonds. The van der Waals surface area contributed by atoms with Crippen molar-refractivity contribution in [2.24, 2.45) is 17.6 Å². The highest BCUT2D eigenvalue weighted by molar-refractivity contribution is 14.1. The van der Waals surface area contributed by atoms with Crippen LogP contribution >= 0.6 is 55.9 Å². The molecule has 2 aliphatic carbocycles. The van der Waals surface area contributed by atoms with Gasteiger partial charge in [0.25, 0.3) is 0 Å². The second-order valence-corrected chi connectivity index (χ2v) is 40.6. The molecule has 786 valence electrons. The van der Waals surface area contributed by atoms with Crippen molar-refractivity contribution in [1.82, 2.24) is 47.2 Å². The van der Waals surface area contributed by atoms with Gasteiger partial charge in [-0.2, -0.15) is 5.48 Å². The van der Waals surface area contributed by atoms with Gasteiger partial charge in [0.2, 0.25) is 64.4 Å². The molecule has 50 heteroatoms. The summed E-state index contributed by atoms with van der Waals surface area (Å²) in [5.74, 6) is 2.26. The molecule has 142 heavy (non-hydrogen) atoms. The van der Waals surface area contributed by atoms with Crippen LogP contribution in [0.4, 0.5) is 15.3 Å². The van der Waals surface area contributed by atoms with Crippen LogP contribution in [0.5, 0.6) is 17.2 Å². The number of halogens is 1. The number of carbonyl (C=O) groups is 13. The van der Waals surface area contributed by atoms with E-state index in [1.165, 1.54) is 110 Å². The number of rotatable bonds is 44. The van der Waals surface area contributed by atoms with Crippen LogP contribution in [-0.2, 0) is 107 Å². The number of likely N-dealkylation sites (N-methyl/N-ethyl adjacent to an activating group) is 1. The highest BCUT2D eigenvalue weighted by atomic mass is 127. The van der Waals surface area contributed by atoms with Crippen molar-refractivity contribution in [3.63, 3.8) is 0 Å². The number of likely N-dealkylation sites (tertiary alicyclic amines) is 1.